The number of aliphatic imine (C=N–C) groups is 1. The SMILES string of the molecule is CCOC(=O)N1CCC(NC(N)=NC2CC2C2CCCCC2)CC1. The summed E-state index contributed by atoms with van der Waals surface area (Å²) in [6, 6.07) is 0.756. The zero-order chi connectivity index (χ0) is 16.9. The second-order valence-electron chi connectivity index (χ2n) is 7.48. The van der Waals surface area contributed by atoms with Crippen molar-refractivity contribution in [3.8, 4) is 0 Å². The smallest absolute Gasteiger partial charge is 0.409 e. The first kappa shape index (κ1) is 17.4. The average Bonchev–Trinajstić information content (AvgIpc) is 3.35. The van der Waals surface area contributed by atoms with Crippen molar-refractivity contribution in [3.63, 3.8) is 0 Å². The molecule has 3 rings (SSSR count). The quantitative estimate of drug-likeness (QED) is 0.610. The van der Waals surface area contributed by atoms with Gasteiger partial charge in [0.1, 0.15) is 0 Å². The number of guanidine groups is 1. The molecule has 0 radical (unpaired) electrons. The van der Waals surface area contributed by atoms with Gasteiger partial charge in [-0.15, -0.1) is 0 Å². The predicted molar refractivity (Wildman–Crippen MR) is 94.8 cm³/mol. The summed E-state index contributed by atoms with van der Waals surface area (Å²) in [6.07, 6.45) is 9.77. The Morgan fingerprint density at radius 1 is 1.21 bits per heavy atom. The van der Waals surface area contributed by atoms with Gasteiger partial charge in [0, 0.05) is 19.1 Å². The number of hydrogen-bond donors (Lipinski definition) is 2. The van der Waals surface area contributed by atoms with E-state index in [9.17, 15) is 4.79 Å². The van der Waals surface area contributed by atoms with Gasteiger partial charge in [-0.05, 0) is 38.0 Å². The van der Waals surface area contributed by atoms with Gasteiger partial charge in [-0.2, -0.15) is 0 Å². The molecule has 1 heterocycles. The summed E-state index contributed by atoms with van der Waals surface area (Å²) >= 11 is 0. The molecule has 2 unspecified atom stereocenters. The highest BCUT2D eigenvalue weighted by molar-refractivity contribution is 5.78. The molecule has 0 aromatic rings. The fraction of sp³-hybridized carbons (Fsp3) is 0.889. The lowest BCUT2D eigenvalue weighted by molar-refractivity contribution is 0.0963. The summed E-state index contributed by atoms with van der Waals surface area (Å²) in [5, 5.41) is 3.35. The zero-order valence-electron chi connectivity index (χ0n) is 14.9. The molecule has 1 aliphatic heterocycles. The van der Waals surface area contributed by atoms with E-state index in [4.69, 9.17) is 15.5 Å². The van der Waals surface area contributed by atoms with Crippen LogP contribution in [0.5, 0.6) is 0 Å². The molecule has 0 bridgehead atoms. The summed E-state index contributed by atoms with van der Waals surface area (Å²) in [5.74, 6) is 2.25. The largest absolute Gasteiger partial charge is 0.450 e. The molecule has 0 aromatic heterocycles. The Morgan fingerprint density at radius 2 is 1.92 bits per heavy atom. The van der Waals surface area contributed by atoms with Crippen LogP contribution < -0.4 is 11.1 Å². The first-order chi connectivity index (χ1) is 11.7. The second kappa shape index (κ2) is 8.08. The minimum absolute atomic E-state index is 0.203. The molecule has 2 saturated carbocycles. The van der Waals surface area contributed by atoms with E-state index in [1.165, 1.54) is 38.5 Å². The molecule has 1 amide bonds. The van der Waals surface area contributed by atoms with Crippen LogP contribution in [0.3, 0.4) is 0 Å². The molecule has 6 heteroatoms. The molecule has 3 fully saturated rings. The first-order valence-electron chi connectivity index (χ1n) is 9.69. The molecule has 3 aliphatic rings. The van der Waals surface area contributed by atoms with E-state index in [1.54, 1.807) is 4.90 Å². The molecular weight excluding hydrogens is 304 g/mol. The molecule has 1 saturated heterocycles. The monoisotopic (exact) mass is 336 g/mol. The van der Waals surface area contributed by atoms with Crippen molar-refractivity contribution >= 4 is 12.1 Å². The Morgan fingerprint density at radius 3 is 2.58 bits per heavy atom. The van der Waals surface area contributed by atoms with E-state index in [0.29, 0.717) is 24.7 Å². The Labute approximate surface area is 145 Å². The minimum atomic E-state index is -0.203. The van der Waals surface area contributed by atoms with Gasteiger partial charge in [-0.3, -0.25) is 0 Å². The summed E-state index contributed by atoms with van der Waals surface area (Å²) in [5.41, 5.74) is 6.11. The fourth-order valence-corrected chi connectivity index (χ4v) is 4.26. The Hall–Kier alpha value is -1.46. The van der Waals surface area contributed by atoms with Crippen LogP contribution in [-0.4, -0.2) is 48.7 Å². The van der Waals surface area contributed by atoms with E-state index in [0.717, 1.165) is 37.8 Å². The number of ether oxygens (including phenoxy) is 1. The molecular formula is C18H32N4O2. The number of amides is 1. The average molecular weight is 336 g/mol. The van der Waals surface area contributed by atoms with E-state index in [2.05, 4.69) is 5.32 Å². The highest BCUT2D eigenvalue weighted by atomic mass is 16.6. The molecule has 136 valence electrons. The number of piperidine rings is 1. The number of nitrogens with zero attached hydrogens (tertiary/aromatic N) is 2. The number of rotatable bonds is 4. The second-order valence-corrected chi connectivity index (χ2v) is 7.48. The third kappa shape index (κ3) is 4.54. The van der Waals surface area contributed by atoms with Gasteiger partial charge in [-0.25, -0.2) is 9.79 Å². The van der Waals surface area contributed by atoms with Crippen molar-refractivity contribution in [2.75, 3.05) is 19.7 Å². The maximum atomic E-state index is 11.7. The van der Waals surface area contributed by atoms with Gasteiger partial charge < -0.3 is 20.7 Å². The highest BCUT2D eigenvalue weighted by Crippen LogP contribution is 2.46. The van der Waals surface area contributed by atoms with Gasteiger partial charge in [0.15, 0.2) is 5.96 Å². The highest BCUT2D eigenvalue weighted by Gasteiger charge is 2.43. The Balaban J connectivity index is 1.38. The van der Waals surface area contributed by atoms with Crippen LogP contribution in [0.4, 0.5) is 4.79 Å². The van der Waals surface area contributed by atoms with E-state index >= 15 is 0 Å². The van der Waals surface area contributed by atoms with Crippen molar-refractivity contribution in [1.29, 1.82) is 0 Å². The van der Waals surface area contributed by atoms with Gasteiger partial charge >= 0.3 is 6.09 Å². The van der Waals surface area contributed by atoms with Gasteiger partial charge in [0.25, 0.3) is 0 Å². The van der Waals surface area contributed by atoms with Gasteiger partial charge in [0.2, 0.25) is 0 Å². The number of hydrogen-bond acceptors (Lipinski definition) is 3. The zero-order valence-corrected chi connectivity index (χ0v) is 14.9. The number of carbonyl (C=O) groups excluding carboxylic acids is 1. The molecule has 24 heavy (non-hydrogen) atoms. The van der Waals surface area contributed by atoms with Crippen molar-refractivity contribution < 1.29 is 9.53 Å². The first-order valence-corrected chi connectivity index (χ1v) is 9.69. The molecule has 3 N–H and O–H groups in total. The van der Waals surface area contributed by atoms with E-state index in [-0.39, 0.29) is 6.09 Å². The van der Waals surface area contributed by atoms with E-state index in [1.807, 2.05) is 6.92 Å². The van der Waals surface area contributed by atoms with Crippen LogP contribution >= 0.6 is 0 Å². The number of nitrogens with one attached hydrogen (secondary N) is 1. The van der Waals surface area contributed by atoms with Gasteiger partial charge in [-0.1, -0.05) is 32.1 Å². The van der Waals surface area contributed by atoms with Crippen molar-refractivity contribution in [1.82, 2.24) is 10.2 Å². The number of nitrogens with two attached hydrogens (primary N) is 1. The normalized spacial score (nSPS) is 29.4. The molecule has 0 aromatic carbocycles. The fourth-order valence-electron chi connectivity index (χ4n) is 4.26. The third-order valence-corrected chi connectivity index (χ3v) is 5.74. The van der Waals surface area contributed by atoms with Crippen LogP contribution in [0.25, 0.3) is 0 Å². The van der Waals surface area contributed by atoms with Crippen LogP contribution in [0.1, 0.15) is 58.3 Å². The molecule has 0 spiro atoms. The van der Waals surface area contributed by atoms with Crippen LogP contribution in [0.15, 0.2) is 4.99 Å². The molecule has 6 nitrogen and oxygen atoms in total. The lowest BCUT2D eigenvalue weighted by Gasteiger charge is -2.31. The number of carbonyl (C=O) groups is 1. The molecule has 2 atom stereocenters. The summed E-state index contributed by atoms with van der Waals surface area (Å²) in [6.45, 7) is 3.71. The Bertz CT molecular complexity index is 454. The molecule has 2 aliphatic carbocycles. The van der Waals surface area contributed by atoms with Crippen molar-refractivity contribution in [2.45, 2.75) is 70.4 Å². The lowest BCUT2D eigenvalue weighted by atomic mass is 9.85. The van der Waals surface area contributed by atoms with Crippen molar-refractivity contribution in [3.05, 3.63) is 0 Å². The summed E-state index contributed by atoms with van der Waals surface area (Å²) in [7, 11) is 0. The van der Waals surface area contributed by atoms with Crippen LogP contribution in [-0.2, 0) is 4.74 Å². The van der Waals surface area contributed by atoms with Crippen molar-refractivity contribution in [2.24, 2.45) is 22.6 Å². The third-order valence-electron chi connectivity index (χ3n) is 5.74. The maximum Gasteiger partial charge on any atom is 0.409 e. The topological polar surface area (TPSA) is 80.0 Å². The Kier molecular flexibility index (Phi) is 5.85. The number of likely N-dealkylation sites (tertiary alicyclic amines) is 1. The van der Waals surface area contributed by atoms with Gasteiger partial charge in [0.05, 0.1) is 12.6 Å². The lowest BCUT2D eigenvalue weighted by Crippen LogP contribution is -2.48. The summed E-state index contributed by atoms with van der Waals surface area (Å²) in [4.78, 5) is 18.2. The standard InChI is InChI=1S/C18H32N4O2/c1-2-24-18(23)22-10-8-14(9-11-22)20-17(19)21-16-12-15(16)13-6-4-3-5-7-13/h13-16H,2-12H2,1H3,(H3,19,20,21). The maximum absolute atomic E-state index is 11.7. The van der Waals surface area contributed by atoms with Crippen LogP contribution in [0.2, 0.25) is 0 Å². The van der Waals surface area contributed by atoms with E-state index < -0.39 is 0 Å². The summed E-state index contributed by atoms with van der Waals surface area (Å²) < 4.78 is 5.05. The van der Waals surface area contributed by atoms with Crippen LogP contribution in [0, 0.1) is 11.8 Å². The minimum Gasteiger partial charge on any atom is -0.450 e. The predicted octanol–water partition coefficient (Wildman–Crippen LogP) is 2.48.